The number of ether oxygens (including phenoxy) is 2. The van der Waals surface area contributed by atoms with E-state index in [0.717, 1.165) is 24.1 Å². The summed E-state index contributed by atoms with van der Waals surface area (Å²) in [5.41, 5.74) is 1.55. The molecule has 0 saturated carbocycles. The number of esters is 1. The van der Waals surface area contributed by atoms with Crippen molar-refractivity contribution in [2.24, 2.45) is 0 Å². The average Bonchev–Trinajstić information content (AvgIpc) is 2.53. The highest BCUT2D eigenvalue weighted by Crippen LogP contribution is 2.39. The van der Waals surface area contributed by atoms with Crippen LogP contribution in [0.5, 0.6) is 0 Å². The number of hydrogen-bond donors (Lipinski definition) is 0. The Hall–Kier alpha value is -2.04. The monoisotopic (exact) mass is 305 g/mol. The molecule has 0 saturated heterocycles. The molecule has 1 aromatic rings. The van der Waals surface area contributed by atoms with Crippen LogP contribution in [-0.4, -0.2) is 31.8 Å². The third-order valence-corrected chi connectivity index (χ3v) is 4.00. The third kappa shape index (κ3) is 3.24. The summed E-state index contributed by atoms with van der Waals surface area (Å²) in [6.45, 7) is 4.39. The quantitative estimate of drug-likeness (QED) is 0.631. The summed E-state index contributed by atoms with van der Waals surface area (Å²) in [5.74, 6) is -0.603. The van der Waals surface area contributed by atoms with E-state index in [2.05, 4.69) is 0 Å². The third-order valence-electron chi connectivity index (χ3n) is 4.00. The van der Waals surface area contributed by atoms with Crippen molar-refractivity contribution in [2.75, 3.05) is 18.6 Å². The van der Waals surface area contributed by atoms with Crippen LogP contribution in [0, 0.1) is 0 Å². The van der Waals surface area contributed by atoms with Crippen LogP contribution in [0.2, 0.25) is 0 Å². The average molecular weight is 305 g/mol. The van der Waals surface area contributed by atoms with Crippen LogP contribution >= 0.6 is 0 Å². The molecule has 0 aliphatic carbocycles. The lowest BCUT2D eigenvalue weighted by Gasteiger charge is -2.37. The van der Waals surface area contributed by atoms with Crippen LogP contribution in [0.15, 0.2) is 24.3 Å². The molecule has 1 aliphatic heterocycles. The van der Waals surface area contributed by atoms with Crippen molar-refractivity contribution in [3.63, 3.8) is 0 Å². The summed E-state index contributed by atoms with van der Waals surface area (Å²) >= 11 is 0. The molecule has 120 valence electrons. The van der Waals surface area contributed by atoms with Gasteiger partial charge < -0.3 is 9.47 Å². The van der Waals surface area contributed by atoms with Gasteiger partial charge in [-0.1, -0.05) is 31.5 Å². The Kier molecular flexibility index (Phi) is 5.41. The summed E-state index contributed by atoms with van der Waals surface area (Å²) in [6.07, 6.45) is 2.01. The molecule has 2 rings (SSSR count). The Morgan fingerprint density at radius 2 is 2.05 bits per heavy atom. The molecule has 1 aliphatic rings. The molecule has 0 radical (unpaired) electrons. The molecule has 1 aromatic carbocycles. The molecule has 0 spiro atoms. The van der Waals surface area contributed by atoms with Crippen LogP contribution in [-0.2, 0) is 14.3 Å². The van der Waals surface area contributed by atoms with Gasteiger partial charge in [-0.3, -0.25) is 9.69 Å². The van der Waals surface area contributed by atoms with Crippen LogP contribution in [0.4, 0.5) is 10.5 Å². The Morgan fingerprint density at radius 1 is 1.32 bits per heavy atom. The Bertz CT molecular complexity index is 543. The predicted octanol–water partition coefficient (Wildman–Crippen LogP) is 3.48. The van der Waals surface area contributed by atoms with Crippen molar-refractivity contribution in [3.8, 4) is 0 Å². The zero-order chi connectivity index (χ0) is 16.1. The molecule has 22 heavy (non-hydrogen) atoms. The fourth-order valence-corrected chi connectivity index (χ4v) is 2.83. The Balaban J connectivity index is 2.28. The van der Waals surface area contributed by atoms with Crippen LogP contribution < -0.4 is 4.90 Å². The van der Waals surface area contributed by atoms with E-state index in [0.29, 0.717) is 13.0 Å². The number of benzene rings is 1. The fourth-order valence-electron chi connectivity index (χ4n) is 2.83. The van der Waals surface area contributed by atoms with Crippen LogP contribution in [0.3, 0.4) is 0 Å². The standard InChI is InChI=1S/C17H23NO4/c1-4-5-10-22-17(20)18-12(2)11-14(16(19)21-3)13-8-6-7-9-15(13)18/h6-9,12,14H,4-5,10-11H2,1-3H3. The van der Waals surface area contributed by atoms with Crippen molar-refractivity contribution in [1.29, 1.82) is 0 Å². The SMILES string of the molecule is CCCCOC(=O)N1c2ccccc2C(C(=O)OC)CC1C. The first kappa shape index (κ1) is 16.3. The summed E-state index contributed by atoms with van der Waals surface area (Å²) in [6, 6.07) is 7.33. The van der Waals surface area contributed by atoms with Crippen LogP contribution in [0.25, 0.3) is 0 Å². The Labute approximate surface area is 131 Å². The molecule has 1 amide bonds. The zero-order valence-electron chi connectivity index (χ0n) is 13.4. The number of rotatable bonds is 4. The lowest BCUT2D eigenvalue weighted by Crippen LogP contribution is -2.44. The van der Waals surface area contributed by atoms with Gasteiger partial charge in [0.15, 0.2) is 0 Å². The fraction of sp³-hybridized carbons (Fsp3) is 0.529. The number of fused-ring (bicyclic) bond motifs is 1. The number of carbonyl (C=O) groups excluding carboxylic acids is 2. The van der Waals surface area contributed by atoms with Gasteiger partial charge in [0, 0.05) is 6.04 Å². The van der Waals surface area contributed by atoms with Crippen molar-refractivity contribution in [3.05, 3.63) is 29.8 Å². The van der Waals surface area contributed by atoms with E-state index < -0.39 is 0 Å². The highest BCUT2D eigenvalue weighted by molar-refractivity contribution is 5.93. The first-order chi connectivity index (χ1) is 10.6. The van der Waals surface area contributed by atoms with Crippen molar-refractivity contribution >= 4 is 17.7 Å². The van der Waals surface area contributed by atoms with Crippen molar-refractivity contribution in [1.82, 2.24) is 0 Å². The minimum Gasteiger partial charge on any atom is -0.469 e. The van der Waals surface area contributed by atoms with E-state index in [-0.39, 0.29) is 24.0 Å². The van der Waals surface area contributed by atoms with Gasteiger partial charge in [-0.2, -0.15) is 0 Å². The topological polar surface area (TPSA) is 55.8 Å². The normalized spacial score (nSPS) is 20.2. The molecular weight excluding hydrogens is 282 g/mol. The second-order valence-corrected chi connectivity index (χ2v) is 5.56. The second-order valence-electron chi connectivity index (χ2n) is 5.56. The van der Waals surface area contributed by atoms with Gasteiger partial charge in [0.05, 0.1) is 25.3 Å². The van der Waals surface area contributed by atoms with E-state index in [1.165, 1.54) is 7.11 Å². The van der Waals surface area contributed by atoms with E-state index >= 15 is 0 Å². The summed E-state index contributed by atoms with van der Waals surface area (Å²) < 4.78 is 10.2. The molecule has 0 N–H and O–H groups in total. The van der Waals surface area contributed by atoms with Crippen molar-refractivity contribution in [2.45, 2.75) is 45.1 Å². The largest absolute Gasteiger partial charge is 0.469 e. The molecule has 1 heterocycles. The van der Waals surface area contributed by atoms with Gasteiger partial charge in [-0.15, -0.1) is 0 Å². The number of amides is 1. The maximum absolute atomic E-state index is 12.4. The van der Waals surface area contributed by atoms with E-state index in [9.17, 15) is 9.59 Å². The number of unbranched alkanes of at least 4 members (excludes halogenated alkanes) is 1. The van der Waals surface area contributed by atoms with Gasteiger partial charge in [-0.05, 0) is 31.4 Å². The molecular formula is C17H23NO4. The van der Waals surface area contributed by atoms with E-state index in [4.69, 9.17) is 9.47 Å². The van der Waals surface area contributed by atoms with Gasteiger partial charge >= 0.3 is 12.1 Å². The number of nitrogens with zero attached hydrogens (tertiary/aromatic N) is 1. The Morgan fingerprint density at radius 3 is 2.73 bits per heavy atom. The predicted molar refractivity (Wildman–Crippen MR) is 84.0 cm³/mol. The smallest absolute Gasteiger partial charge is 0.414 e. The van der Waals surface area contributed by atoms with Gasteiger partial charge in [0.2, 0.25) is 0 Å². The number of anilines is 1. The number of methoxy groups -OCH3 is 1. The molecule has 0 aromatic heterocycles. The first-order valence-electron chi connectivity index (χ1n) is 7.72. The summed E-state index contributed by atoms with van der Waals surface area (Å²) in [5, 5.41) is 0. The minimum atomic E-state index is -0.350. The first-order valence-corrected chi connectivity index (χ1v) is 7.72. The lowest BCUT2D eigenvalue weighted by atomic mass is 9.86. The van der Waals surface area contributed by atoms with Gasteiger partial charge in [-0.25, -0.2) is 4.79 Å². The van der Waals surface area contributed by atoms with E-state index in [1.807, 2.05) is 38.1 Å². The maximum Gasteiger partial charge on any atom is 0.414 e. The second kappa shape index (κ2) is 7.29. The molecule has 0 bridgehead atoms. The lowest BCUT2D eigenvalue weighted by molar-refractivity contribution is -0.142. The van der Waals surface area contributed by atoms with E-state index in [1.54, 1.807) is 4.90 Å². The van der Waals surface area contributed by atoms with Crippen LogP contribution in [0.1, 0.15) is 44.6 Å². The zero-order valence-corrected chi connectivity index (χ0v) is 13.4. The molecule has 2 unspecified atom stereocenters. The summed E-state index contributed by atoms with van der Waals surface area (Å²) in [7, 11) is 1.39. The minimum absolute atomic E-state index is 0.117. The van der Waals surface area contributed by atoms with Gasteiger partial charge in [0.1, 0.15) is 0 Å². The molecule has 5 heteroatoms. The molecule has 5 nitrogen and oxygen atoms in total. The molecule has 2 atom stereocenters. The maximum atomic E-state index is 12.4. The number of hydrogen-bond acceptors (Lipinski definition) is 4. The van der Waals surface area contributed by atoms with Gasteiger partial charge in [0.25, 0.3) is 0 Å². The number of carbonyl (C=O) groups is 2. The summed E-state index contributed by atoms with van der Waals surface area (Å²) in [4.78, 5) is 26.0. The number of para-hydroxylation sites is 1. The highest BCUT2D eigenvalue weighted by Gasteiger charge is 2.37. The highest BCUT2D eigenvalue weighted by atomic mass is 16.6. The van der Waals surface area contributed by atoms with Crippen molar-refractivity contribution < 1.29 is 19.1 Å². The molecule has 0 fully saturated rings.